The molecule has 6 heteroatoms. The van der Waals surface area contributed by atoms with Gasteiger partial charge in [0.25, 0.3) is 0 Å². The van der Waals surface area contributed by atoms with Crippen LogP contribution in [0.3, 0.4) is 0 Å². The molecule has 20 heavy (non-hydrogen) atoms. The molecule has 5 nitrogen and oxygen atoms in total. The van der Waals surface area contributed by atoms with Crippen molar-refractivity contribution in [2.45, 2.75) is 37.6 Å². The predicted molar refractivity (Wildman–Crippen MR) is 76.4 cm³/mol. The lowest BCUT2D eigenvalue weighted by molar-refractivity contribution is -0.139. The van der Waals surface area contributed by atoms with Gasteiger partial charge in [-0.1, -0.05) is 31.2 Å². The van der Waals surface area contributed by atoms with Crippen LogP contribution in [0.5, 0.6) is 0 Å². The van der Waals surface area contributed by atoms with Crippen molar-refractivity contribution in [3.05, 3.63) is 35.4 Å². The minimum atomic E-state index is -3.41. The quantitative estimate of drug-likeness (QED) is 0.874. The normalized spacial score (nSPS) is 29.0. The molecule has 110 valence electrons. The second-order valence-electron chi connectivity index (χ2n) is 5.16. The van der Waals surface area contributed by atoms with Crippen LogP contribution in [0.15, 0.2) is 24.3 Å². The first kappa shape index (κ1) is 15.0. The highest BCUT2D eigenvalue weighted by Gasteiger charge is 2.41. The van der Waals surface area contributed by atoms with Gasteiger partial charge in [-0.3, -0.25) is 10.1 Å². The van der Waals surface area contributed by atoms with Crippen LogP contribution in [-0.2, 0) is 21.1 Å². The molecule has 2 rings (SSSR count). The Morgan fingerprint density at radius 2 is 1.95 bits per heavy atom. The monoisotopic (exact) mass is 297 g/mol. The molecule has 1 saturated heterocycles. The number of sulfone groups is 1. The Hall–Kier alpha value is -1.40. The molecule has 1 heterocycles. The number of rotatable bonds is 3. The Labute approximate surface area is 118 Å². The number of nitrogens with one attached hydrogen (secondary N) is 1. The van der Waals surface area contributed by atoms with Crippen LogP contribution in [0.25, 0.3) is 0 Å². The van der Waals surface area contributed by atoms with Crippen molar-refractivity contribution in [3.8, 4) is 0 Å². The van der Waals surface area contributed by atoms with E-state index >= 15 is 0 Å². The second-order valence-corrected chi connectivity index (χ2v) is 7.57. The molecule has 1 aliphatic rings. The number of carboxylic acids is 1. The number of carboxylic acid groups (broad SMARTS) is 1. The fourth-order valence-electron chi connectivity index (χ4n) is 2.46. The van der Waals surface area contributed by atoms with Gasteiger partial charge in [0.15, 0.2) is 9.84 Å². The Bertz CT molecular complexity index is 594. The van der Waals surface area contributed by atoms with Gasteiger partial charge in [-0.2, -0.15) is 0 Å². The van der Waals surface area contributed by atoms with Gasteiger partial charge in [-0.25, -0.2) is 8.42 Å². The van der Waals surface area contributed by atoms with Crippen molar-refractivity contribution in [2.75, 3.05) is 5.75 Å². The summed E-state index contributed by atoms with van der Waals surface area (Å²) in [4.78, 5) is 11.1. The van der Waals surface area contributed by atoms with E-state index in [0.29, 0.717) is 0 Å². The molecule has 0 amide bonds. The zero-order chi connectivity index (χ0) is 14.9. The Morgan fingerprint density at radius 1 is 1.35 bits per heavy atom. The largest absolute Gasteiger partial charge is 0.480 e. The third kappa shape index (κ3) is 2.86. The Balaban J connectivity index is 2.34. The maximum Gasteiger partial charge on any atom is 0.321 e. The molecule has 3 unspecified atom stereocenters. The van der Waals surface area contributed by atoms with Gasteiger partial charge < -0.3 is 5.11 Å². The van der Waals surface area contributed by atoms with Crippen LogP contribution < -0.4 is 5.32 Å². The molecule has 0 saturated carbocycles. The highest BCUT2D eigenvalue weighted by molar-refractivity contribution is 7.92. The summed E-state index contributed by atoms with van der Waals surface area (Å²) in [7, 11) is -3.41. The lowest BCUT2D eigenvalue weighted by Crippen LogP contribution is -2.54. The highest BCUT2D eigenvalue weighted by Crippen LogP contribution is 2.28. The lowest BCUT2D eigenvalue weighted by Gasteiger charge is -2.34. The number of aryl methyl sites for hydroxylation is 1. The minimum Gasteiger partial charge on any atom is -0.480 e. The molecular weight excluding hydrogens is 278 g/mol. The SMILES string of the molecule is CCc1ccc(C2NC(C(=O)O)CS(=O)(=O)C2C)cc1. The third-order valence-corrected chi connectivity index (χ3v) is 6.06. The van der Waals surface area contributed by atoms with Crippen LogP contribution in [0.4, 0.5) is 0 Å². The maximum absolute atomic E-state index is 12.1. The van der Waals surface area contributed by atoms with E-state index in [-0.39, 0.29) is 5.75 Å². The maximum atomic E-state index is 12.1. The average molecular weight is 297 g/mol. The first-order chi connectivity index (χ1) is 9.35. The van der Waals surface area contributed by atoms with Gasteiger partial charge in [0, 0.05) is 6.04 Å². The summed E-state index contributed by atoms with van der Waals surface area (Å²) in [6.45, 7) is 3.67. The molecule has 2 N–H and O–H groups in total. The number of aliphatic carboxylic acids is 1. The summed E-state index contributed by atoms with van der Waals surface area (Å²) in [5, 5.41) is 11.4. The van der Waals surface area contributed by atoms with Crippen LogP contribution in [-0.4, -0.2) is 36.5 Å². The fraction of sp³-hybridized carbons (Fsp3) is 0.500. The smallest absolute Gasteiger partial charge is 0.321 e. The van der Waals surface area contributed by atoms with Crippen molar-refractivity contribution < 1.29 is 18.3 Å². The van der Waals surface area contributed by atoms with Crippen molar-refractivity contribution in [2.24, 2.45) is 0 Å². The Morgan fingerprint density at radius 3 is 2.45 bits per heavy atom. The van der Waals surface area contributed by atoms with E-state index in [1.165, 1.54) is 0 Å². The first-order valence-corrected chi connectivity index (χ1v) is 8.36. The topological polar surface area (TPSA) is 83.5 Å². The summed E-state index contributed by atoms with van der Waals surface area (Å²) in [5.74, 6) is -1.48. The van der Waals surface area contributed by atoms with E-state index in [0.717, 1.165) is 17.5 Å². The summed E-state index contributed by atoms with van der Waals surface area (Å²) in [6, 6.07) is 6.09. The standard InChI is InChI=1S/C14H19NO4S/c1-3-10-4-6-11(7-5-10)13-9(2)20(18,19)8-12(15-13)14(16)17/h4-7,9,12-13,15H,3,8H2,1-2H3,(H,16,17). The molecule has 0 radical (unpaired) electrons. The zero-order valence-corrected chi connectivity index (χ0v) is 12.4. The number of benzene rings is 1. The summed E-state index contributed by atoms with van der Waals surface area (Å²) in [5.41, 5.74) is 1.97. The van der Waals surface area contributed by atoms with E-state index in [2.05, 4.69) is 5.32 Å². The lowest BCUT2D eigenvalue weighted by atomic mass is 10.0. The fourth-order valence-corrected chi connectivity index (χ4v) is 4.12. The van der Waals surface area contributed by atoms with Crippen molar-refractivity contribution >= 4 is 15.8 Å². The predicted octanol–water partition coefficient (Wildman–Crippen LogP) is 1.15. The molecule has 1 fully saturated rings. The molecule has 3 atom stereocenters. The molecule has 0 bridgehead atoms. The molecule has 1 aromatic rings. The van der Waals surface area contributed by atoms with Gasteiger partial charge in [0.05, 0.1) is 11.0 Å². The van der Waals surface area contributed by atoms with Crippen LogP contribution in [0, 0.1) is 0 Å². The van der Waals surface area contributed by atoms with Gasteiger partial charge in [-0.05, 0) is 24.5 Å². The number of hydrogen-bond acceptors (Lipinski definition) is 4. The summed E-state index contributed by atoms with van der Waals surface area (Å²) >= 11 is 0. The average Bonchev–Trinajstić information content (AvgIpc) is 2.41. The number of hydrogen-bond donors (Lipinski definition) is 2. The first-order valence-electron chi connectivity index (χ1n) is 6.64. The summed E-state index contributed by atoms with van der Waals surface area (Å²) < 4.78 is 24.2. The summed E-state index contributed by atoms with van der Waals surface area (Å²) in [6.07, 6.45) is 0.907. The van der Waals surface area contributed by atoms with Gasteiger partial charge in [0.2, 0.25) is 0 Å². The van der Waals surface area contributed by atoms with Crippen LogP contribution >= 0.6 is 0 Å². The number of carbonyl (C=O) groups is 1. The highest BCUT2D eigenvalue weighted by atomic mass is 32.2. The van der Waals surface area contributed by atoms with E-state index in [1.807, 2.05) is 31.2 Å². The Kier molecular flexibility index (Phi) is 4.15. The van der Waals surface area contributed by atoms with Crippen molar-refractivity contribution in [1.29, 1.82) is 0 Å². The van der Waals surface area contributed by atoms with E-state index in [4.69, 9.17) is 5.11 Å². The molecule has 1 aliphatic heterocycles. The second kappa shape index (κ2) is 5.54. The van der Waals surface area contributed by atoms with Crippen molar-refractivity contribution in [3.63, 3.8) is 0 Å². The van der Waals surface area contributed by atoms with Crippen LogP contribution in [0.1, 0.15) is 31.0 Å². The molecule has 0 aliphatic carbocycles. The van der Waals surface area contributed by atoms with E-state index in [9.17, 15) is 13.2 Å². The molecule has 0 spiro atoms. The van der Waals surface area contributed by atoms with Gasteiger partial charge in [-0.15, -0.1) is 0 Å². The molecule has 1 aromatic carbocycles. The third-order valence-electron chi connectivity index (χ3n) is 3.86. The minimum absolute atomic E-state index is 0.354. The van der Waals surface area contributed by atoms with Crippen molar-refractivity contribution in [1.82, 2.24) is 5.32 Å². The van der Waals surface area contributed by atoms with E-state index in [1.54, 1.807) is 6.92 Å². The zero-order valence-electron chi connectivity index (χ0n) is 11.5. The molecule has 0 aromatic heterocycles. The molecular formula is C14H19NO4S. The van der Waals surface area contributed by atoms with E-state index < -0.39 is 33.1 Å². The van der Waals surface area contributed by atoms with Crippen LogP contribution in [0.2, 0.25) is 0 Å². The van der Waals surface area contributed by atoms with Gasteiger partial charge in [0.1, 0.15) is 6.04 Å². The van der Waals surface area contributed by atoms with Gasteiger partial charge >= 0.3 is 5.97 Å².